The fraction of sp³-hybridized carbons (Fsp3) is 0.0909. The van der Waals surface area contributed by atoms with Crippen LogP contribution in [0.1, 0.15) is 0 Å². The molecule has 0 fully saturated rings. The Labute approximate surface area is 101 Å². The Morgan fingerprint density at radius 2 is 2.06 bits per heavy atom. The largest absolute Gasteiger partial charge is 0.496 e. The van der Waals surface area contributed by atoms with Crippen LogP contribution in [0.5, 0.6) is 5.75 Å². The molecule has 0 atom stereocenters. The third-order valence-electron chi connectivity index (χ3n) is 2.56. The van der Waals surface area contributed by atoms with Crippen LogP contribution in [-0.2, 0) is 0 Å². The van der Waals surface area contributed by atoms with E-state index in [2.05, 4.69) is 25.4 Å². The molecule has 0 radical (unpaired) electrons. The Balaban J connectivity index is 2.28. The molecule has 3 aromatic rings. The van der Waals surface area contributed by atoms with Gasteiger partial charge in [0.1, 0.15) is 11.6 Å². The first kappa shape index (κ1) is 10.5. The van der Waals surface area contributed by atoms with Crippen LogP contribution >= 0.6 is 0 Å². The molecule has 0 unspecified atom stereocenters. The summed E-state index contributed by atoms with van der Waals surface area (Å²) in [6.45, 7) is 0. The van der Waals surface area contributed by atoms with Crippen molar-refractivity contribution in [2.24, 2.45) is 0 Å². The summed E-state index contributed by atoms with van der Waals surface area (Å²) in [7, 11) is 1.56. The van der Waals surface area contributed by atoms with Crippen LogP contribution in [0, 0.1) is 0 Å². The SMILES string of the molecule is COc1ccccc1-c1nc2n[nH]nc2c(=O)[nH]1. The fourth-order valence-electron chi connectivity index (χ4n) is 1.72. The smallest absolute Gasteiger partial charge is 0.281 e. The summed E-state index contributed by atoms with van der Waals surface area (Å²) in [5, 5.41) is 9.91. The molecule has 0 saturated heterocycles. The van der Waals surface area contributed by atoms with E-state index in [1.54, 1.807) is 13.2 Å². The quantitative estimate of drug-likeness (QED) is 0.691. The summed E-state index contributed by atoms with van der Waals surface area (Å²) in [4.78, 5) is 18.7. The first-order valence-corrected chi connectivity index (χ1v) is 5.24. The summed E-state index contributed by atoms with van der Waals surface area (Å²) in [6, 6.07) is 7.28. The summed E-state index contributed by atoms with van der Waals surface area (Å²) >= 11 is 0. The number of benzene rings is 1. The number of nitrogens with zero attached hydrogens (tertiary/aromatic N) is 3. The van der Waals surface area contributed by atoms with Gasteiger partial charge >= 0.3 is 0 Å². The van der Waals surface area contributed by atoms with E-state index < -0.39 is 0 Å². The van der Waals surface area contributed by atoms with Gasteiger partial charge in [-0.25, -0.2) is 4.98 Å². The Kier molecular flexibility index (Phi) is 2.30. The van der Waals surface area contributed by atoms with Crippen molar-refractivity contribution in [3.05, 3.63) is 34.6 Å². The van der Waals surface area contributed by atoms with Gasteiger partial charge < -0.3 is 9.72 Å². The summed E-state index contributed by atoms with van der Waals surface area (Å²) in [5.74, 6) is 1.03. The molecule has 0 saturated carbocycles. The summed E-state index contributed by atoms with van der Waals surface area (Å²) in [6.07, 6.45) is 0. The van der Waals surface area contributed by atoms with Crippen molar-refractivity contribution < 1.29 is 4.74 Å². The molecule has 7 heteroatoms. The van der Waals surface area contributed by atoms with Gasteiger partial charge in [-0.15, -0.1) is 10.2 Å². The predicted octanol–water partition coefficient (Wildman–Crippen LogP) is 0.717. The number of aromatic amines is 2. The van der Waals surface area contributed by atoms with Crippen LogP contribution in [0.25, 0.3) is 22.6 Å². The van der Waals surface area contributed by atoms with Crippen LogP contribution < -0.4 is 10.3 Å². The van der Waals surface area contributed by atoms with Gasteiger partial charge in [0.05, 0.1) is 12.7 Å². The minimum absolute atomic E-state index is 0.189. The average molecular weight is 243 g/mol. The first-order chi connectivity index (χ1) is 8.79. The number of para-hydroxylation sites is 1. The van der Waals surface area contributed by atoms with Crippen LogP contribution in [0.4, 0.5) is 0 Å². The second-order valence-electron chi connectivity index (χ2n) is 3.61. The number of hydrogen-bond donors (Lipinski definition) is 2. The maximum atomic E-state index is 11.8. The molecule has 0 amide bonds. The first-order valence-electron chi connectivity index (χ1n) is 5.24. The van der Waals surface area contributed by atoms with E-state index >= 15 is 0 Å². The topological polar surface area (TPSA) is 96.6 Å². The molecule has 18 heavy (non-hydrogen) atoms. The number of H-pyrrole nitrogens is 2. The third kappa shape index (κ3) is 1.53. The van der Waals surface area contributed by atoms with Gasteiger partial charge in [-0.05, 0) is 12.1 Å². The van der Waals surface area contributed by atoms with E-state index in [-0.39, 0.29) is 16.7 Å². The third-order valence-corrected chi connectivity index (χ3v) is 2.56. The molecule has 0 aliphatic carbocycles. The Morgan fingerprint density at radius 3 is 2.89 bits per heavy atom. The maximum absolute atomic E-state index is 11.8. The number of nitrogens with one attached hydrogen (secondary N) is 2. The monoisotopic (exact) mass is 243 g/mol. The molecule has 0 spiro atoms. The molecule has 2 heterocycles. The van der Waals surface area contributed by atoms with Crippen molar-refractivity contribution in [3.63, 3.8) is 0 Å². The zero-order chi connectivity index (χ0) is 12.5. The zero-order valence-corrected chi connectivity index (χ0v) is 9.47. The van der Waals surface area contributed by atoms with Crippen LogP contribution in [0.15, 0.2) is 29.1 Å². The van der Waals surface area contributed by atoms with Crippen molar-refractivity contribution in [2.75, 3.05) is 7.11 Å². The molecular formula is C11H9N5O2. The minimum Gasteiger partial charge on any atom is -0.496 e. The van der Waals surface area contributed by atoms with Crippen molar-refractivity contribution in [1.82, 2.24) is 25.4 Å². The van der Waals surface area contributed by atoms with Crippen molar-refractivity contribution in [3.8, 4) is 17.1 Å². The van der Waals surface area contributed by atoms with Gasteiger partial charge in [-0.2, -0.15) is 5.21 Å². The molecule has 1 aromatic carbocycles. The highest BCUT2D eigenvalue weighted by Gasteiger charge is 2.11. The molecular weight excluding hydrogens is 234 g/mol. The lowest BCUT2D eigenvalue weighted by atomic mass is 10.2. The average Bonchev–Trinajstić information content (AvgIpc) is 2.87. The summed E-state index contributed by atoms with van der Waals surface area (Å²) < 4.78 is 5.23. The number of ether oxygens (including phenoxy) is 1. The van der Waals surface area contributed by atoms with E-state index in [1.807, 2.05) is 18.2 Å². The van der Waals surface area contributed by atoms with Gasteiger partial charge in [-0.1, -0.05) is 12.1 Å². The number of aromatic nitrogens is 5. The summed E-state index contributed by atoms with van der Waals surface area (Å²) in [5.41, 5.74) is 0.824. The Morgan fingerprint density at radius 1 is 1.22 bits per heavy atom. The number of methoxy groups -OCH3 is 1. The highest BCUT2D eigenvalue weighted by molar-refractivity contribution is 5.72. The van der Waals surface area contributed by atoms with Crippen molar-refractivity contribution in [1.29, 1.82) is 0 Å². The number of rotatable bonds is 2. The van der Waals surface area contributed by atoms with E-state index in [0.29, 0.717) is 17.1 Å². The van der Waals surface area contributed by atoms with E-state index in [4.69, 9.17) is 4.74 Å². The lowest BCUT2D eigenvalue weighted by Gasteiger charge is -2.06. The Hall–Kier alpha value is -2.70. The van der Waals surface area contributed by atoms with Crippen LogP contribution in [0.2, 0.25) is 0 Å². The molecule has 0 aliphatic heterocycles. The molecule has 0 aliphatic rings. The van der Waals surface area contributed by atoms with E-state index in [0.717, 1.165) is 0 Å². The van der Waals surface area contributed by atoms with Crippen molar-refractivity contribution >= 4 is 11.2 Å². The predicted molar refractivity (Wildman–Crippen MR) is 64.3 cm³/mol. The van der Waals surface area contributed by atoms with E-state index in [1.165, 1.54) is 0 Å². The second-order valence-corrected chi connectivity index (χ2v) is 3.61. The molecule has 2 N–H and O–H groups in total. The zero-order valence-electron chi connectivity index (χ0n) is 9.47. The van der Waals surface area contributed by atoms with Gasteiger partial charge in [0.2, 0.25) is 5.65 Å². The van der Waals surface area contributed by atoms with Gasteiger partial charge in [0.25, 0.3) is 5.56 Å². The second kappa shape index (κ2) is 3.95. The van der Waals surface area contributed by atoms with Crippen LogP contribution in [0.3, 0.4) is 0 Å². The molecule has 0 bridgehead atoms. The Bertz CT molecular complexity index is 761. The lowest BCUT2D eigenvalue weighted by molar-refractivity contribution is 0.416. The van der Waals surface area contributed by atoms with Gasteiger partial charge in [-0.3, -0.25) is 4.79 Å². The van der Waals surface area contributed by atoms with Crippen molar-refractivity contribution in [2.45, 2.75) is 0 Å². The molecule has 3 rings (SSSR count). The molecule has 7 nitrogen and oxygen atoms in total. The number of fused-ring (bicyclic) bond motifs is 1. The molecule has 2 aromatic heterocycles. The fourth-order valence-corrected chi connectivity index (χ4v) is 1.72. The standard InChI is InChI=1S/C11H9N5O2/c1-18-7-5-3-2-4-6(7)9-12-10-8(11(17)13-9)14-16-15-10/h2-5H,1H3,(H2,12,13,14,15,16,17). The number of hydrogen-bond acceptors (Lipinski definition) is 5. The minimum atomic E-state index is -0.338. The van der Waals surface area contributed by atoms with Gasteiger partial charge in [0, 0.05) is 0 Å². The van der Waals surface area contributed by atoms with Crippen LogP contribution in [-0.4, -0.2) is 32.5 Å². The lowest BCUT2D eigenvalue weighted by Crippen LogP contribution is -2.09. The maximum Gasteiger partial charge on any atom is 0.281 e. The normalized spacial score (nSPS) is 10.7. The highest BCUT2D eigenvalue weighted by Crippen LogP contribution is 2.26. The highest BCUT2D eigenvalue weighted by atomic mass is 16.5. The van der Waals surface area contributed by atoms with Gasteiger partial charge in [0.15, 0.2) is 5.52 Å². The van der Waals surface area contributed by atoms with E-state index in [9.17, 15) is 4.79 Å². The molecule has 90 valence electrons.